The number of carbonyl (C=O) groups is 1. The summed E-state index contributed by atoms with van der Waals surface area (Å²) < 4.78 is 0. The second-order valence-corrected chi connectivity index (χ2v) is 7.24. The second-order valence-electron chi connectivity index (χ2n) is 7.24. The van der Waals surface area contributed by atoms with Gasteiger partial charge in [-0.05, 0) is 28.8 Å². The van der Waals surface area contributed by atoms with Crippen LogP contribution in [0.15, 0.2) is 115 Å². The second kappa shape index (κ2) is 9.66. The van der Waals surface area contributed by atoms with Crippen LogP contribution in [0.4, 0.5) is 0 Å². The zero-order chi connectivity index (χ0) is 20.6. The highest BCUT2D eigenvalue weighted by atomic mass is 16.1. The van der Waals surface area contributed by atoms with Gasteiger partial charge in [-0.1, -0.05) is 97.1 Å². The van der Waals surface area contributed by atoms with Gasteiger partial charge in [-0.15, -0.1) is 0 Å². The summed E-state index contributed by atoms with van der Waals surface area (Å²) in [5.74, 6) is -0.0141. The van der Waals surface area contributed by atoms with Crippen LogP contribution in [0.25, 0.3) is 0 Å². The lowest BCUT2D eigenvalue weighted by atomic mass is 9.88. The standard InChI is InChI=1S/C27H24N2O/c30-26(20-24(21-12-4-1-5-13-21)22-14-6-2-7-15-22)29-27(23-16-8-3-9-17-23)25-18-10-11-19-28-25/h1-19,24,27H,20H2,(H,29,30). The summed E-state index contributed by atoms with van der Waals surface area (Å²) in [4.78, 5) is 17.7. The van der Waals surface area contributed by atoms with E-state index in [1.807, 2.05) is 84.9 Å². The van der Waals surface area contributed by atoms with Crippen molar-refractivity contribution in [2.75, 3.05) is 0 Å². The van der Waals surface area contributed by atoms with Gasteiger partial charge >= 0.3 is 0 Å². The number of rotatable bonds is 7. The van der Waals surface area contributed by atoms with E-state index in [0.29, 0.717) is 6.42 Å². The molecule has 1 atom stereocenters. The van der Waals surface area contributed by atoms with Crippen molar-refractivity contribution in [1.29, 1.82) is 0 Å². The van der Waals surface area contributed by atoms with Gasteiger partial charge in [0, 0.05) is 18.5 Å². The van der Waals surface area contributed by atoms with Gasteiger partial charge in [0.1, 0.15) is 0 Å². The molecule has 30 heavy (non-hydrogen) atoms. The number of amides is 1. The Balaban J connectivity index is 1.60. The SMILES string of the molecule is O=C(CC(c1ccccc1)c1ccccc1)NC(c1ccccc1)c1ccccn1. The number of carbonyl (C=O) groups excluding carboxylic acids is 1. The van der Waals surface area contributed by atoms with E-state index >= 15 is 0 Å². The Hall–Kier alpha value is -3.72. The molecule has 0 aliphatic heterocycles. The van der Waals surface area contributed by atoms with Crippen molar-refractivity contribution in [3.8, 4) is 0 Å². The molecule has 0 radical (unpaired) electrons. The van der Waals surface area contributed by atoms with E-state index < -0.39 is 0 Å². The zero-order valence-electron chi connectivity index (χ0n) is 16.7. The molecule has 1 unspecified atom stereocenters. The summed E-state index contributed by atoms with van der Waals surface area (Å²) >= 11 is 0. The van der Waals surface area contributed by atoms with Gasteiger partial charge in [0.25, 0.3) is 0 Å². The summed E-state index contributed by atoms with van der Waals surface area (Å²) in [6.07, 6.45) is 2.12. The molecular formula is C27H24N2O. The molecule has 3 heteroatoms. The Morgan fingerprint density at radius 2 is 1.17 bits per heavy atom. The van der Waals surface area contributed by atoms with Crippen LogP contribution in [0.2, 0.25) is 0 Å². The summed E-state index contributed by atoms with van der Waals surface area (Å²) in [5, 5.41) is 3.22. The lowest BCUT2D eigenvalue weighted by Gasteiger charge is -2.22. The van der Waals surface area contributed by atoms with Crippen molar-refractivity contribution in [3.63, 3.8) is 0 Å². The molecule has 4 rings (SSSR count). The van der Waals surface area contributed by atoms with Gasteiger partial charge in [-0.25, -0.2) is 0 Å². The van der Waals surface area contributed by atoms with Crippen LogP contribution in [0.3, 0.4) is 0 Å². The van der Waals surface area contributed by atoms with Crippen LogP contribution in [-0.4, -0.2) is 10.9 Å². The van der Waals surface area contributed by atoms with E-state index in [0.717, 1.165) is 22.4 Å². The third-order valence-corrected chi connectivity index (χ3v) is 5.22. The summed E-state index contributed by atoms with van der Waals surface area (Å²) in [7, 11) is 0. The molecule has 3 aromatic carbocycles. The minimum Gasteiger partial charge on any atom is -0.344 e. The molecule has 1 amide bonds. The highest BCUT2D eigenvalue weighted by molar-refractivity contribution is 5.78. The van der Waals surface area contributed by atoms with Crippen molar-refractivity contribution >= 4 is 5.91 Å². The topological polar surface area (TPSA) is 42.0 Å². The highest BCUT2D eigenvalue weighted by Gasteiger charge is 2.22. The van der Waals surface area contributed by atoms with Gasteiger partial charge in [0.15, 0.2) is 0 Å². The number of benzene rings is 3. The maximum Gasteiger partial charge on any atom is 0.221 e. The van der Waals surface area contributed by atoms with Gasteiger partial charge < -0.3 is 5.32 Å². The number of pyridine rings is 1. The molecule has 148 valence electrons. The minimum absolute atomic E-state index is 0.00689. The molecule has 4 aromatic rings. The highest BCUT2D eigenvalue weighted by Crippen LogP contribution is 2.29. The Morgan fingerprint density at radius 1 is 0.667 bits per heavy atom. The molecule has 0 aliphatic rings. The number of hydrogen-bond donors (Lipinski definition) is 1. The van der Waals surface area contributed by atoms with Crippen LogP contribution in [-0.2, 0) is 4.79 Å². The van der Waals surface area contributed by atoms with Crippen molar-refractivity contribution in [2.45, 2.75) is 18.4 Å². The van der Waals surface area contributed by atoms with Crippen LogP contribution >= 0.6 is 0 Å². The first kappa shape index (κ1) is 19.6. The van der Waals surface area contributed by atoms with Crippen LogP contribution in [0.5, 0.6) is 0 Å². The van der Waals surface area contributed by atoms with E-state index in [-0.39, 0.29) is 17.9 Å². The van der Waals surface area contributed by atoms with Crippen molar-refractivity contribution in [3.05, 3.63) is 138 Å². The fourth-order valence-corrected chi connectivity index (χ4v) is 3.72. The Bertz CT molecular complexity index is 885. The molecule has 1 N–H and O–H groups in total. The van der Waals surface area contributed by atoms with E-state index in [1.54, 1.807) is 6.20 Å². The average molecular weight is 393 g/mol. The van der Waals surface area contributed by atoms with Gasteiger partial charge in [0.05, 0.1) is 11.7 Å². The molecule has 3 nitrogen and oxygen atoms in total. The molecular weight excluding hydrogens is 368 g/mol. The average Bonchev–Trinajstić information content (AvgIpc) is 2.83. The lowest BCUT2D eigenvalue weighted by molar-refractivity contribution is -0.121. The third kappa shape index (κ3) is 4.81. The summed E-state index contributed by atoms with van der Waals surface area (Å²) in [6.45, 7) is 0. The Kier molecular flexibility index (Phi) is 6.31. The first-order chi connectivity index (χ1) is 14.8. The van der Waals surface area contributed by atoms with Crippen molar-refractivity contribution < 1.29 is 4.79 Å². The monoisotopic (exact) mass is 392 g/mol. The molecule has 0 saturated heterocycles. The maximum absolute atomic E-state index is 13.2. The van der Waals surface area contributed by atoms with E-state index in [9.17, 15) is 4.79 Å². The first-order valence-electron chi connectivity index (χ1n) is 10.2. The largest absolute Gasteiger partial charge is 0.344 e. The predicted molar refractivity (Wildman–Crippen MR) is 120 cm³/mol. The maximum atomic E-state index is 13.2. The molecule has 1 aromatic heterocycles. The number of nitrogens with one attached hydrogen (secondary N) is 1. The normalized spacial score (nSPS) is 11.8. The molecule has 0 bridgehead atoms. The smallest absolute Gasteiger partial charge is 0.221 e. The van der Waals surface area contributed by atoms with E-state index in [2.05, 4.69) is 34.6 Å². The summed E-state index contributed by atoms with van der Waals surface area (Å²) in [5.41, 5.74) is 4.11. The zero-order valence-corrected chi connectivity index (χ0v) is 16.7. The quantitative estimate of drug-likeness (QED) is 0.451. The third-order valence-electron chi connectivity index (χ3n) is 5.22. The number of aromatic nitrogens is 1. The fraction of sp³-hybridized carbons (Fsp3) is 0.111. The Labute approximate surface area is 177 Å². The molecule has 1 heterocycles. The molecule has 0 spiro atoms. The summed E-state index contributed by atoms with van der Waals surface area (Å²) in [6, 6.07) is 35.9. The van der Waals surface area contributed by atoms with Crippen molar-refractivity contribution in [1.82, 2.24) is 10.3 Å². The molecule has 0 fully saturated rings. The van der Waals surface area contributed by atoms with E-state index in [1.165, 1.54) is 0 Å². The Morgan fingerprint density at radius 3 is 1.67 bits per heavy atom. The van der Waals surface area contributed by atoms with Crippen LogP contribution < -0.4 is 5.32 Å². The van der Waals surface area contributed by atoms with Gasteiger partial charge in [0.2, 0.25) is 5.91 Å². The number of nitrogens with zero attached hydrogens (tertiary/aromatic N) is 1. The molecule has 0 aliphatic carbocycles. The minimum atomic E-state index is -0.285. The first-order valence-corrected chi connectivity index (χ1v) is 10.2. The predicted octanol–water partition coefficient (Wildman–Crippen LogP) is 5.51. The van der Waals surface area contributed by atoms with Crippen LogP contribution in [0, 0.1) is 0 Å². The van der Waals surface area contributed by atoms with Gasteiger partial charge in [-0.3, -0.25) is 9.78 Å². The lowest BCUT2D eigenvalue weighted by Crippen LogP contribution is -2.31. The van der Waals surface area contributed by atoms with E-state index in [4.69, 9.17) is 0 Å². The van der Waals surface area contributed by atoms with Crippen LogP contribution in [0.1, 0.15) is 40.8 Å². The van der Waals surface area contributed by atoms with Gasteiger partial charge in [-0.2, -0.15) is 0 Å². The molecule has 0 saturated carbocycles. The number of hydrogen-bond acceptors (Lipinski definition) is 2. The fourth-order valence-electron chi connectivity index (χ4n) is 3.72. The van der Waals surface area contributed by atoms with Crippen molar-refractivity contribution in [2.24, 2.45) is 0 Å².